The van der Waals surface area contributed by atoms with Crippen molar-refractivity contribution >= 4 is 11.9 Å². The van der Waals surface area contributed by atoms with Gasteiger partial charge in [-0.15, -0.1) is 0 Å². The summed E-state index contributed by atoms with van der Waals surface area (Å²) in [6.07, 6.45) is 5.38. The Hall–Kier alpha value is -3.35. The lowest BCUT2D eigenvalue weighted by atomic mass is 10.1. The quantitative estimate of drug-likeness (QED) is 0.721. The minimum absolute atomic E-state index is 0.190. The lowest BCUT2D eigenvalue weighted by Gasteiger charge is -2.15. The van der Waals surface area contributed by atoms with Gasteiger partial charge in [0.1, 0.15) is 12.2 Å². The molecule has 25 heavy (non-hydrogen) atoms. The number of amides is 1. The first-order valence-electron chi connectivity index (χ1n) is 7.82. The molecule has 1 amide bonds. The minimum atomic E-state index is -1.01. The highest BCUT2D eigenvalue weighted by Gasteiger charge is 2.15. The van der Waals surface area contributed by atoms with Crippen molar-refractivity contribution in [3.05, 3.63) is 72.3 Å². The molecule has 0 fully saturated rings. The average Bonchev–Trinajstić information content (AvgIpc) is 3.26. The lowest BCUT2D eigenvalue weighted by Crippen LogP contribution is -2.27. The molecule has 0 radical (unpaired) electrons. The number of carbonyl (C=O) groups is 2. The van der Waals surface area contributed by atoms with E-state index in [9.17, 15) is 9.59 Å². The molecule has 0 aliphatic heterocycles. The summed E-state index contributed by atoms with van der Waals surface area (Å²) in [5.74, 6) is -1.35. The first-order chi connectivity index (χ1) is 12.0. The summed E-state index contributed by atoms with van der Waals surface area (Å²) in [4.78, 5) is 23.0. The minimum Gasteiger partial charge on any atom is -0.480 e. The van der Waals surface area contributed by atoms with E-state index in [1.807, 2.05) is 60.3 Å². The van der Waals surface area contributed by atoms with Crippen molar-refractivity contribution in [3.8, 4) is 5.69 Å². The van der Waals surface area contributed by atoms with E-state index in [0.717, 1.165) is 11.3 Å². The Morgan fingerprint density at radius 2 is 1.92 bits per heavy atom. The van der Waals surface area contributed by atoms with E-state index < -0.39 is 5.97 Å². The third-order valence-corrected chi connectivity index (χ3v) is 3.79. The van der Waals surface area contributed by atoms with Crippen molar-refractivity contribution in [1.29, 1.82) is 0 Å². The Labute approximate surface area is 144 Å². The van der Waals surface area contributed by atoms with Crippen LogP contribution in [-0.2, 0) is 11.3 Å². The summed E-state index contributed by atoms with van der Waals surface area (Å²) in [6.45, 7) is 1.61. The lowest BCUT2D eigenvalue weighted by molar-refractivity contribution is -0.137. The summed E-state index contributed by atoms with van der Waals surface area (Å²) >= 11 is 0. The second kappa shape index (κ2) is 7.04. The molecule has 0 saturated carbocycles. The number of benzene rings is 1. The number of aromatic nitrogens is 3. The molecule has 3 rings (SSSR count). The molecule has 1 aromatic carbocycles. The number of rotatable bonds is 6. The van der Waals surface area contributed by atoms with Gasteiger partial charge in [-0.3, -0.25) is 14.3 Å². The van der Waals surface area contributed by atoms with Crippen LogP contribution in [0.3, 0.4) is 0 Å². The fourth-order valence-electron chi connectivity index (χ4n) is 2.52. The smallest absolute Gasteiger partial charge is 0.325 e. The van der Waals surface area contributed by atoms with Crippen LogP contribution >= 0.6 is 0 Å². The van der Waals surface area contributed by atoms with Crippen LogP contribution in [0.5, 0.6) is 0 Å². The monoisotopic (exact) mass is 338 g/mol. The second-order valence-corrected chi connectivity index (χ2v) is 5.67. The van der Waals surface area contributed by atoms with Crippen molar-refractivity contribution in [3.63, 3.8) is 0 Å². The van der Waals surface area contributed by atoms with Crippen LogP contribution in [0, 0.1) is 0 Å². The molecule has 0 aliphatic carbocycles. The number of nitrogens with zero attached hydrogens (tertiary/aromatic N) is 3. The standard InChI is InChI=1S/C18H18N4O3/c1-13(14-5-4-6-15(11-14)21-8-2-3-9-21)19-18(25)16-7-10-22(20-16)12-17(23)24/h2-11,13H,12H2,1H3,(H,19,25)(H,23,24). The van der Waals surface area contributed by atoms with E-state index in [2.05, 4.69) is 10.4 Å². The molecule has 2 aromatic heterocycles. The van der Waals surface area contributed by atoms with Gasteiger partial charge in [0.15, 0.2) is 0 Å². The zero-order chi connectivity index (χ0) is 17.8. The zero-order valence-electron chi connectivity index (χ0n) is 13.7. The summed E-state index contributed by atoms with van der Waals surface area (Å²) in [5, 5.41) is 15.6. The highest BCUT2D eigenvalue weighted by molar-refractivity contribution is 5.92. The normalized spacial score (nSPS) is 11.9. The third kappa shape index (κ3) is 3.95. The van der Waals surface area contributed by atoms with Gasteiger partial charge in [-0.2, -0.15) is 5.10 Å². The van der Waals surface area contributed by atoms with Gasteiger partial charge in [-0.25, -0.2) is 0 Å². The molecule has 0 spiro atoms. The average molecular weight is 338 g/mol. The van der Waals surface area contributed by atoms with Gasteiger partial charge >= 0.3 is 5.97 Å². The predicted octanol–water partition coefficient (Wildman–Crippen LogP) is 2.25. The summed E-state index contributed by atoms with van der Waals surface area (Å²) in [5.41, 5.74) is 2.16. The van der Waals surface area contributed by atoms with Crippen LogP contribution in [0.15, 0.2) is 61.1 Å². The van der Waals surface area contributed by atoms with Crippen LogP contribution in [0.1, 0.15) is 29.0 Å². The Balaban J connectivity index is 1.70. The van der Waals surface area contributed by atoms with Gasteiger partial charge in [0.25, 0.3) is 5.91 Å². The SMILES string of the molecule is CC(NC(=O)c1ccn(CC(=O)O)n1)c1cccc(-n2cccc2)c1. The van der Waals surface area contributed by atoms with Gasteiger partial charge in [0, 0.05) is 24.3 Å². The van der Waals surface area contributed by atoms with E-state index in [4.69, 9.17) is 5.11 Å². The molecule has 2 N–H and O–H groups in total. The molecule has 7 heteroatoms. The Bertz CT molecular complexity index is 883. The molecule has 0 aliphatic rings. The van der Waals surface area contributed by atoms with Crippen molar-refractivity contribution < 1.29 is 14.7 Å². The van der Waals surface area contributed by atoms with E-state index in [1.165, 1.54) is 16.9 Å². The van der Waals surface area contributed by atoms with Crippen LogP contribution < -0.4 is 5.32 Å². The number of nitrogens with one attached hydrogen (secondary N) is 1. The highest BCUT2D eigenvalue weighted by atomic mass is 16.4. The van der Waals surface area contributed by atoms with Gasteiger partial charge in [-0.1, -0.05) is 12.1 Å². The third-order valence-electron chi connectivity index (χ3n) is 3.79. The molecule has 1 atom stereocenters. The summed E-state index contributed by atoms with van der Waals surface area (Å²) in [6, 6.07) is 13.1. The molecule has 2 heterocycles. The van der Waals surface area contributed by atoms with Crippen LogP contribution in [0.4, 0.5) is 0 Å². The van der Waals surface area contributed by atoms with Crippen LogP contribution in [0.25, 0.3) is 5.69 Å². The first kappa shape index (κ1) is 16.5. The van der Waals surface area contributed by atoms with Gasteiger partial charge in [0.05, 0.1) is 6.04 Å². The van der Waals surface area contributed by atoms with Crippen molar-refractivity contribution in [2.75, 3.05) is 0 Å². The summed E-state index contributed by atoms with van der Waals surface area (Å²) < 4.78 is 3.21. The maximum absolute atomic E-state index is 12.3. The van der Waals surface area contributed by atoms with Gasteiger partial charge in [-0.05, 0) is 42.8 Å². The maximum Gasteiger partial charge on any atom is 0.325 e. The Morgan fingerprint density at radius 1 is 1.16 bits per heavy atom. The van der Waals surface area contributed by atoms with Crippen LogP contribution in [-0.4, -0.2) is 31.3 Å². The number of hydrogen-bond donors (Lipinski definition) is 2. The topological polar surface area (TPSA) is 89.2 Å². The molecule has 7 nitrogen and oxygen atoms in total. The number of carboxylic acid groups (broad SMARTS) is 1. The molecule has 128 valence electrons. The molecule has 1 unspecified atom stereocenters. The summed E-state index contributed by atoms with van der Waals surface area (Å²) in [7, 11) is 0. The van der Waals surface area contributed by atoms with E-state index in [0.29, 0.717) is 0 Å². The molecule has 0 saturated heterocycles. The maximum atomic E-state index is 12.3. The molecular weight excluding hydrogens is 320 g/mol. The second-order valence-electron chi connectivity index (χ2n) is 5.67. The van der Waals surface area contributed by atoms with E-state index in [-0.39, 0.29) is 24.2 Å². The van der Waals surface area contributed by atoms with Crippen molar-refractivity contribution in [2.24, 2.45) is 0 Å². The fourth-order valence-corrected chi connectivity index (χ4v) is 2.52. The largest absolute Gasteiger partial charge is 0.480 e. The number of aliphatic carboxylic acids is 1. The number of hydrogen-bond acceptors (Lipinski definition) is 3. The fraction of sp³-hybridized carbons (Fsp3) is 0.167. The zero-order valence-corrected chi connectivity index (χ0v) is 13.7. The van der Waals surface area contributed by atoms with E-state index in [1.54, 1.807) is 0 Å². The number of carboxylic acids is 1. The molecule has 0 bridgehead atoms. The van der Waals surface area contributed by atoms with Crippen LogP contribution in [0.2, 0.25) is 0 Å². The first-order valence-corrected chi connectivity index (χ1v) is 7.82. The van der Waals surface area contributed by atoms with E-state index >= 15 is 0 Å². The molecular formula is C18H18N4O3. The molecule has 3 aromatic rings. The predicted molar refractivity (Wildman–Crippen MR) is 91.5 cm³/mol. The Kier molecular flexibility index (Phi) is 4.65. The van der Waals surface area contributed by atoms with Gasteiger partial charge < -0.3 is 15.0 Å². The Morgan fingerprint density at radius 3 is 2.64 bits per heavy atom. The van der Waals surface area contributed by atoms with Gasteiger partial charge in [0.2, 0.25) is 0 Å². The van der Waals surface area contributed by atoms with Crippen molar-refractivity contribution in [1.82, 2.24) is 19.7 Å². The highest BCUT2D eigenvalue weighted by Crippen LogP contribution is 2.17. The van der Waals surface area contributed by atoms with Crippen molar-refractivity contribution in [2.45, 2.75) is 19.5 Å². The number of carbonyl (C=O) groups excluding carboxylic acids is 1.